The number of hydrogen-bond donors (Lipinski definition) is 1. The molecule has 0 saturated heterocycles. The molecular weight excluding hydrogens is 217 g/mol. The minimum atomic E-state index is -4.27. The van der Waals surface area contributed by atoms with E-state index in [0.717, 1.165) is 12.5 Å². The lowest BCUT2D eigenvalue weighted by Crippen LogP contribution is -2.15. The predicted molar refractivity (Wildman–Crippen MR) is 56.9 cm³/mol. The summed E-state index contributed by atoms with van der Waals surface area (Å²) in [7, 11) is 0. The second-order valence-corrected chi connectivity index (χ2v) is 4.60. The Bertz CT molecular complexity index is 300. The summed E-state index contributed by atoms with van der Waals surface area (Å²) in [5.41, 5.74) is -0.0842. The molecular formula is C12H17F3O. The second kappa shape index (κ2) is 5.04. The highest BCUT2D eigenvalue weighted by molar-refractivity contribution is 5.34. The molecule has 1 N–H and O–H groups in total. The fourth-order valence-corrected chi connectivity index (χ4v) is 1.65. The van der Waals surface area contributed by atoms with Crippen LogP contribution in [0.5, 0.6) is 0 Å². The first-order valence-electron chi connectivity index (χ1n) is 5.45. The van der Waals surface area contributed by atoms with E-state index in [0.29, 0.717) is 17.9 Å². The van der Waals surface area contributed by atoms with Crippen molar-refractivity contribution in [3.63, 3.8) is 0 Å². The number of halogens is 3. The number of aliphatic hydroxyl groups is 1. The van der Waals surface area contributed by atoms with E-state index in [1.54, 1.807) is 0 Å². The highest BCUT2D eigenvalue weighted by Crippen LogP contribution is 2.35. The maximum Gasteiger partial charge on any atom is 0.413 e. The van der Waals surface area contributed by atoms with E-state index < -0.39 is 17.9 Å². The third-order valence-corrected chi connectivity index (χ3v) is 2.70. The van der Waals surface area contributed by atoms with Crippen molar-refractivity contribution in [1.29, 1.82) is 0 Å². The fourth-order valence-electron chi connectivity index (χ4n) is 1.65. The summed E-state index contributed by atoms with van der Waals surface area (Å²) in [5, 5.41) is 9.71. The van der Waals surface area contributed by atoms with Gasteiger partial charge in [-0.1, -0.05) is 26.0 Å². The lowest BCUT2D eigenvalue weighted by molar-refractivity contribution is -0.0929. The Morgan fingerprint density at radius 1 is 1.25 bits per heavy atom. The standard InChI is InChI=1S/C12H17F3O/c1-8(2)3-6-11(16)9-4-5-10(7-9)12(13,14)15/h4-5,8,11,16H,3,6-7H2,1-2H3. The van der Waals surface area contributed by atoms with Gasteiger partial charge in [-0.3, -0.25) is 0 Å². The van der Waals surface area contributed by atoms with Gasteiger partial charge in [-0.25, -0.2) is 0 Å². The van der Waals surface area contributed by atoms with Crippen molar-refractivity contribution in [2.45, 2.75) is 45.4 Å². The molecule has 92 valence electrons. The molecule has 4 heteroatoms. The summed E-state index contributed by atoms with van der Waals surface area (Å²) in [6.07, 6.45) is -1.36. The molecule has 1 aliphatic carbocycles. The van der Waals surface area contributed by atoms with Gasteiger partial charge < -0.3 is 5.11 Å². The van der Waals surface area contributed by atoms with Gasteiger partial charge in [0.05, 0.1) is 6.10 Å². The average Bonchev–Trinajstić information content (AvgIpc) is 2.61. The Morgan fingerprint density at radius 2 is 1.88 bits per heavy atom. The molecule has 0 heterocycles. The Hall–Kier alpha value is -0.770. The third kappa shape index (κ3) is 3.67. The maximum absolute atomic E-state index is 12.3. The van der Waals surface area contributed by atoms with Gasteiger partial charge in [-0.2, -0.15) is 13.2 Å². The minimum Gasteiger partial charge on any atom is -0.389 e. The zero-order valence-electron chi connectivity index (χ0n) is 9.51. The molecule has 0 amide bonds. The lowest BCUT2D eigenvalue weighted by atomic mass is 9.98. The molecule has 16 heavy (non-hydrogen) atoms. The summed E-state index contributed by atoms with van der Waals surface area (Å²) in [6.45, 7) is 4.05. The van der Waals surface area contributed by atoms with Crippen LogP contribution in [-0.4, -0.2) is 17.4 Å². The van der Waals surface area contributed by atoms with Crippen LogP contribution in [0, 0.1) is 5.92 Å². The second-order valence-electron chi connectivity index (χ2n) is 4.60. The molecule has 0 aromatic rings. The molecule has 1 nitrogen and oxygen atoms in total. The zero-order valence-corrected chi connectivity index (χ0v) is 9.51. The van der Waals surface area contributed by atoms with Crippen LogP contribution in [-0.2, 0) is 0 Å². The highest BCUT2D eigenvalue weighted by atomic mass is 19.4. The minimum absolute atomic E-state index is 0.164. The van der Waals surface area contributed by atoms with Crippen LogP contribution >= 0.6 is 0 Å². The van der Waals surface area contributed by atoms with E-state index in [1.165, 1.54) is 6.08 Å². The average molecular weight is 234 g/mol. The van der Waals surface area contributed by atoms with Gasteiger partial charge in [0.2, 0.25) is 0 Å². The fraction of sp³-hybridized carbons (Fsp3) is 0.667. The van der Waals surface area contributed by atoms with Crippen molar-refractivity contribution in [2.24, 2.45) is 5.92 Å². The first-order chi connectivity index (χ1) is 7.30. The van der Waals surface area contributed by atoms with Crippen LogP contribution in [0.25, 0.3) is 0 Å². The van der Waals surface area contributed by atoms with E-state index in [2.05, 4.69) is 0 Å². The lowest BCUT2D eigenvalue weighted by Gasteiger charge is -2.15. The summed E-state index contributed by atoms with van der Waals surface area (Å²) in [4.78, 5) is 0. The normalized spacial score (nSPS) is 18.7. The summed E-state index contributed by atoms with van der Waals surface area (Å²) in [6, 6.07) is 0. The van der Waals surface area contributed by atoms with Crippen LogP contribution < -0.4 is 0 Å². The van der Waals surface area contributed by atoms with Crippen LogP contribution in [0.4, 0.5) is 13.2 Å². The van der Waals surface area contributed by atoms with Gasteiger partial charge in [0.15, 0.2) is 0 Å². The summed E-state index contributed by atoms with van der Waals surface area (Å²) >= 11 is 0. The van der Waals surface area contributed by atoms with Gasteiger partial charge in [-0.15, -0.1) is 0 Å². The Labute approximate surface area is 93.7 Å². The van der Waals surface area contributed by atoms with Crippen molar-refractivity contribution >= 4 is 0 Å². The molecule has 0 radical (unpaired) electrons. The monoisotopic (exact) mass is 234 g/mol. The molecule has 0 aromatic carbocycles. The SMILES string of the molecule is CC(C)CCC(O)C1=CC=C(C(F)(F)F)C1. The number of allylic oxidation sites excluding steroid dienone is 3. The van der Waals surface area contributed by atoms with Crippen molar-refractivity contribution in [3.8, 4) is 0 Å². The Kier molecular flexibility index (Phi) is 4.19. The molecule has 0 fully saturated rings. The first-order valence-corrected chi connectivity index (χ1v) is 5.45. The molecule has 1 rings (SSSR count). The Morgan fingerprint density at radius 3 is 2.31 bits per heavy atom. The van der Waals surface area contributed by atoms with Gasteiger partial charge >= 0.3 is 6.18 Å². The van der Waals surface area contributed by atoms with Crippen molar-refractivity contribution in [3.05, 3.63) is 23.3 Å². The Balaban J connectivity index is 2.44. The maximum atomic E-state index is 12.3. The number of rotatable bonds is 4. The van der Waals surface area contributed by atoms with Crippen molar-refractivity contribution in [2.75, 3.05) is 0 Å². The first kappa shape index (κ1) is 13.3. The van der Waals surface area contributed by atoms with E-state index in [4.69, 9.17) is 0 Å². The molecule has 0 aliphatic heterocycles. The third-order valence-electron chi connectivity index (χ3n) is 2.70. The van der Waals surface area contributed by atoms with Gasteiger partial charge in [0.1, 0.15) is 0 Å². The predicted octanol–water partition coefficient (Wildman–Crippen LogP) is 3.60. The molecule has 1 unspecified atom stereocenters. The molecule has 1 aliphatic rings. The van der Waals surface area contributed by atoms with Gasteiger partial charge in [0.25, 0.3) is 0 Å². The van der Waals surface area contributed by atoms with E-state index >= 15 is 0 Å². The molecule has 0 bridgehead atoms. The molecule has 0 saturated carbocycles. The van der Waals surface area contributed by atoms with Crippen LogP contribution in [0.2, 0.25) is 0 Å². The number of alkyl halides is 3. The molecule has 1 atom stereocenters. The van der Waals surface area contributed by atoms with Crippen molar-refractivity contribution in [1.82, 2.24) is 0 Å². The van der Waals surface area contributed by atoms with Gasteiger partial charge in [0, 0.05) is 12.0 Å². The smallest absolute Gasteiger partial charge is 0.389 e. The van der Waals surface area contributed by atoms with Crippen molar-refractivity contribution < 1.29 is 18.3 Å². The number of aliphatic hydroxyl groups excluding tert-OH is 1. The molecule has 0 spiro atoms. The van der Waals surface area contributed by atoms with E-state index in [1.807, 2.05) is 13.8 Å². The number of hydrogen-bond acceptors (Lipinski definition) is 1. The quantitative estimate of drug-likeness (QED) is 0.788. The van der Waals surface area contributed by atoms with Crippen LogP contribution in [0.1, 0.15) is 33.1 Å². The summed E-state index contributed by atoms with van der Waals surface area (Å²) in [5.74, 6) is 0.451. The van der Waals surface area contributed by atoms with Crippen LogP contribution in [0.15, 0.2) is 23.3 Å². The van der Waals surface area contributed by atoms with Crippen LogP contribution in [0.3, 0.4) is 0 Å². The topological polar surface area (TPSA) is 20.2 Å². The van der Waals surface area contributed by atoms with E-state index in [-0.39, 0.29) is 6.42 Å². The largest absolute Gasteiger partial charge is 0.413 e. The highest BCUT2D eigenvalue weighted by Gasteiger charge is 2.36. The van der Waals surface area contributed by atoms with E-state index in [9.17, 15) is 18.3 Å². The summed E-state index contributed by atoms with van der Waals surface area (Å²) < 4.78 is 37.0. The van der Waals surface area contributed by atoms with Gasteiger partial charge in [-0.05, 0) is 24.3 Å². The zero-order chi connectivity index (χ0) is 12.3. The molecule has 0 aromatic heterocycles.